The first-order chi connectivity index (χ1) is 10.5. The fourth-order valence-electron chi connectivity index (χ4n) is 1.63. The summed E-state index contributed by atoms with van der Waals surface area (Å²) in [4.78, 5) is 10.2. The maximum atomic E-state index is 10.7. The maximum absolute atomic E-state index is 10.7. The molecule has 0 saturated carbocycles. The van der Waals surface area contributed by atoms with E-state index < -0.39 is 4.92 Å². The highest BCUT2D eigenvalue weighted by atomic mass is 35.5. The van der Waals surface area contributed by atoms with Gasteiger partial charge in [-0.05, 0) is 36.0 Å². The van der Waals surface area contributed by atoms with E-state index in [9.17, 15) is 10.1 Å². The molecule has 114 valence electrons. The minimum atomic E-state index is -0.501. The predicted octanol–water partition coefficient (Wildman–Crippen LogP) is 4.36. The third kappa shape index (κ3) is 4.56. The molecular weight excluding hydrogens is 347 g/mol. The average molecular weight is 357 g/mol. The van der Waals surface area contributed by atoms with Gasteiger partial charge in [0.25, 0.3) is 10.9 Å². The van der Waals surface area contributed by atoms with Crippen LogP contribution in [0.5, 0.6) is 5.75 Å². The van der Waals surface area contributed by atoms with Gasteiger partial charge in [0.15, 0.2) is 0 Å². The van der Waals surface area contributed by atoms with Crippen molar-refractivity contribution in [3.8, 4) is 5.75 Å². The van der Waals surface area contributed by atoms with E-state index in [0.29, 0.717) is 22.3 Å². The summed E-state index contributed by atoms with van der Waals surface area (Å²) in [6.07, 6.45) is 0. The van der Waals surface area contributed by atoms with Crippen molar-refractivity contribution in [2.75, 3.05) is 0 Å². The number of rotatable bonds is 4. The van der Waals surface area contributed by atoms with Gasteiger partial charge in [-0.1, -0.05) is 35.3 Å². The van der Waals surface area contributed by atoms with Crippen molar-refractivity contribution in [2.24, 2.45) is 0 Å². The van der Waals surface area contributed by atoms with Crippen LogP contribution >= 0.6 is 35.4 Å². The van der Waals surface area contributed by atoms with Crippen molar-refractivity contribution in [2.45, 2.75) is 6.54 Å². The molecular formula is C14H10Cl2N2O3S. The Morgan fingerprint density at radius 3 is 2.68 bits per heavy atom. The summed E-state index contributed by atoms with van der Waals surface area (Å²) < 4.78 is 5.34. The monoisotopic (exact) mass is 356 g/mol. The molecule has 0 aliphatic heterocycles. The number of hydrogen-bond donors (Lipinski definition) is 1. The summed E-state index contributed by atoms with van der Waals surface area (Å²) in [5, 5.41) is 14.6. The molecule has 0 heterocycles. The highest BCUT2D eigenvalue weighted by Gasteiger charge is 2.08. The summed E-state index contributed by atoms with van der Waals surface area (Å²) in [5.41, 5.74) is 0.809. The maximum Gasteiger partial charge on any atom is 0.273 e. The Hall–Kier alpha value is -1.89. The van der Waals surface area contributed by atoms with E-state index in [1.165, 1.54) is 18.2 Å². The van der Waals surface area contributed by atoms with E-state index in [4.69, 9.17) is 40.2 Å². The number of halogens is 2. The van der Waals surface area contributed by atoms with Gasteiger partial charge in [0.1, 0.15) is 5.75 Å². The number of hydrogen-bond acceptors (Lipinski definition) is 4. The van der Waals surface area contributed by atoms with Crippen molar-refractivity contribution in [1.82, 2.24) is 5.32 Å². The molecule has 2 rings (SSSR count). The molecule has 0 unspecified atom stereocenters. The first-order valence-corrected chi connectivity index (χ1v) is 7.26. The van der Waals surface area contributed by atoms with Gasteiger partial charge in [-0.25, -0.2) is 0 Å². The Labute approximate surface area is 142 Å². The number of nitro benzene ring substituents is 1. The van der Waals surface area contributed by atoms with Gasteiger partial charge >= 0.3 is 0 Å². The molecule has 0 bridgehead atoms. The fraction of sp³-hybridized carbons (Fsp3) is 0.0714. The Morgan fingerprint density at radius 2 is 2.00 bits per heavy atom. The molecule has 0 saturated heterocycles. The van der Waals surface area contributed by atoms with Crippen molar-refractivity contribution in [3.05, 3.63) is 68.2 Å². The van der Waals surface area contributed by atoms with Crippen LogP contribution in [0.3, 0.4) is 0 Å². The topological polar surface area (TPSA) is 64.4 Å². The van der Waals surface area contributed by atoms with E-state index in [2.05, 4.69) is 5.32 Å². The van der Waals surface area contributed by atoms with Gasteiger partial charge in [-0.3, -0.25) is 10.1 Å². The van der Waals surface area contributed by atoms with E-state index in [1.54, 1.807) is 24.3 Å². The summed E-state index contributed by atoms with van der Waals surface area (Å²) in [6.45, 7) is 0.394. The summed E-state index contributed by atoms with van der Waals surface area (Å²) >= 11 is 16.8. The molecule has 22 heavy (non-hydrogen) atoms. The minimum absolute atomic E-state index is 0.0650. The van der Waals surface area contributed by atoms with Crippen LogP contribution in [-0.2, 0) is 6.54 Å². The molecule has 0 amide bonds. The number of thiocarbonyl (C=S) groups is 1. The lowest BCUT2D eigenvalue weighted by molar-refractivity contribution is -0.384. The second kappa shape index (κ2) is 7.40. The number of nitrogens with zero attached hydrogens (tertiary/aromatic N) is 1. The van der Waals surface area contributed by atoms with Gasteiger partial charge in [0, 0.05) is 12.6 Å². The molecule has 0 aliphatic carbocycles. The largest absolute Gasteiger partial charge is 0.432 e. The van der Waals surface area contributed by atoms with E-state index >= 15 is 0 Å². The number of nitrogens with one attached hydrogen (secondary N) is 1. The van der Waals surface area contributed by atoms with Gasteiger partial charge in [0.2, 0.25) is 0 Å². The normalized spacial score (nSPS) is 10.1. The first-order valence-electron chi connectivity index (χ1n) is 6.10. The molecule has 0 spiro atoms. The number of ether oxygens (including phenoxy) is 1. The zero-order valence-electron chi connectivity index (χ0n) is 11.1. The average Bonchev–Trinajstić information content (AvgIpc) is 2.49. The molecule has 0 fully saturated rings. The van der Waals surface area contributed by atoms with Crippen LogP contribution in [0, 0.1) is 10.1 Å². The van der Waals surface area contributed by atoms with Crippen LogP contribution in [0.15, 0.2) is 42.5 Å². The summed E-state index contributed by atoms with van der Waals surface area (Å²) in [6, 6.07) is 11.0. The van der Waals surface area contributed by atoms with Crippen molar-refractivity contribution in [3.63, 3.8) is 0 Å². The molecule has 2 aromatic carbocycles. The molecule has 5 nitrogen and oxygen atoms in total. The van der Waals surface area contributed by atoms with Gasteiger partial charge < -0.3 is 10.1 Å². The van der Waals surface area contributed by atoms with E-state index in [0.717, 1.165) is 5.56 Å². The molecule has 8 heteroatoms. The van der Waals surface area contributed by atoms with Gasteiger partial charge in [0.05, 0.1) is 21.0 Å². The third-order valence-electron chi connectivity index (χ3n) is 2.66. The predicted molar refractivity (Wildman–Crippen MR) is 89.6 cm³/mol. The Balaban J connectivity index is 1.94. The standard InChI is InChI=1S/C14H10Cl2N2O3S/c15-12-5-4-9(6-13(12)16)8-17-14(22)21-11-3-1-2-10(7-11)18(19)20/h1-7H,8H2,(H,17,22). The first kappa shape index (κ1) is 16.5. The lowest BCUT2D eigenvalue weighted by Crippen LogP contribution is -2.25. The number of benzene rings is 2. The Morgan fingerprint density at radius 1 is 1.23 bits per heavy atom. The third-order valence-corrected chi connectivity index (χ3v) is 3.63. The highest BCUT2D eigenvalue weighted by molar-refractivity contribution is 7.80. The molecule has 0 aliphatic rings. The Kier molecular flexibility index (Phi) is 5.54. The van der Waals surface area contributed by atoms with Crippen molar-refractivity contribution >= 4 is 46.3 Å². The second-order valence-electron chi connectivity index (χ2n) is 4.25. The minimum Gasteiger partial charge on any atom is -0.432 e. The Bertz CT molecular complexity index is 725. The number of nitro groups is 1. The molecule has 0 aromatic heterocycles. The van der Waals surface area contributed by atoms with Crippen LogP contribution < -0.4 is 10.1 Å². The summed E-state index contributed by atoms with van der Waals surface area (Å²) in [5.74, 6) is 0.292. The van der Waals surface area contributed by atoms with Crippen molar-refractivity contribution < 1.29 is 9.66 Å². The van der Waals surface area contributed by atoms with Crippen LogP contribution in [0.2, 0.25) is 10.0 Å². The smallest absolute Gasteiger partial charge is 0.273 e. The summed E-state index contributed by atoms with van der Waals surface area (Å²) in [7, 11) is 0. The molecule has 0 atom stereocenters. The van der Waals surface area contributed by atoms with E-state index in [1.807, 2.05) is 0 Å². The fourth-order valence-corrected chi connectivity index (χ4v) is 2.12. The quantitative estimate of drug-likeness (QED) is 0.501. The van der Waals surface area contributed by atoms with E-state index in [-0.39, 0.29) is 10.9 Å². The van der Waals surface area contributed by atoms with Crippen LogP contribution in [-0.4, -0.2) is 10.1 Å². The van der Waals surface area contributed by atoms with Gasteiger partial charge in [-0.15, -0.1) is 0 Å². The zero-order chi connectivity index (χ0) is 16.1. The van der Waals surface area contributed by atoms with Crippen LogP contribution in [0.4, 0.5) is 5.69 Å². The molecule has 0 radical (unpaired) electrons. The zero-order valence-corrected chi connectivity index (χ0v) is 13.4. The van der Waals surface area contributed by atoms with Crippen LogP contribution in [0.25, 0.3) is 0 Å². The molecule has 2 aromatic rings. The SMILES string of the molecule is O=[N+]([O-])c1cccc(OC(=S)NCc2ccc(Cl)c(Cl)c2)c1. The number of non-ortho nitro benzene ring substituents is 1. The van der Waals surface area contributed by atoms with Crippen LogP contribution in [0.1, 0.15) is 5.56 Å². The second-order valence-corrected chi connectivity index (χ2v) is 5.43. The lowest BCUT2D eigenvalue weighted by atomic mass is 10.2. The van der Waals surface area contributed by atoms with Crippen molar-refractivity contribution in [1.29, 1.82) is 0 Å². The lowest BCUT2D eigenvalue weighted by Gasteiger charge is -2.10. The molecule has 1 N–H and O–H groups in total. The van der Waals surface area contributed by atoms with Gasteiger partial charge in [-0.2, -0.15) is 0 Å². The highest BCUT2D eigenvalue weighted by Crippen LogP contribution is 2.22.